The maximum absolute atomic E-state index is 6.04. The Labute approximate surface area is 114 Å². The van der Waals surface area contributed by atoms with Gasteiger partial charge >= 0.3 is 0 Å². The average molecular weight is 275 g/mol. The van der Waals surface area contributed by atoms with E-state index in [1.54, 1.807) is 16.9 Å². The van der Waals surface area contributed by atoms with Crippen molar-refractivity contribution in [3.8, 4) is 22.8 Å². The number of hydrogen-bond acceptors (Lipinski definition) is 4. The van der Waals surface area contributed by atoms with Crippen molar-refractivity contribution in [2.75, 3.05) is 0 Å². The van der Waals surface area contributed by atoms with E-state index in [-0.39, 0.29) is 0 Å². The lowest BCUT2D eigenvalue weighted by molar-refractivity contribution is 0.544. The topological polar surface area (TPSA) is 56.7 Å². The standard InChI is InChI=1S/C13H11ClN4O/c1-8-3-4-11(19-8)13-16-10(5-12(14)17-13)9-6-15-18(2)7-9/h3-7H,1-2H3. The van der Waals surface area contributed by atoms with Crippen LogP contribution in [0.15, 0.2) is 35.0 Å². The van der Waals surface area contributed by atoms with Gasteiger partial charge in [0.1, 0.15) is 10.9 Å². The van der Waals surface area contributed by atoms with Crippen molar-refractivity contribution in [1.82, 2.24) is 19.7 Å². The zero-order valence-electron chi connectivity index (χ0n) is 10.5. The summed E-state index contributed by atoms with van der Waals surface area (Å²) in [6.45, 7) is 1.87. The molecule has 0 saturated heterocycles. The van der Waals surface area contributed by atoms with Crippen LogP contribution in [0.5, 0.6) is 0 Å². The minimum Gasteiger partial charge on any atom is -0.458 e. The first kappa shape index (κ1) is 11.9. The summed E-state index contributed by atoms with van der Waals surface area (Å²) >= 11 is 6.04. The maximum atomic E-state index is 6.04. The van der Waals surface area contributed by atoms with Gasteiger partial charge in [0.2, 0.25) is 0 Å². The van der Waals surface area contributed by atoms with Gasteiger partial charge in [-0.25, -0.2) is 9.97 Å². The van der Waals surface area contributed by atoms with Crippen LogP contribution in [0, 0.1) is 6.92 Å². The Kier molecular flexibility index (Phi) is 2.83. The van der Waals surface area contributed by atoms with Gasteiger partial charge in [0.05, 0.1) is 11.9 Å². The fourth-order valence-electron chi connectivity index (χ4n) is 1.78. The van der Waals surface area contributed by atoms with Crippen LogP contribution in [0.3, 0.4) is 0 Å². The van der Waals surface area contributed by atoms with E-state index >= 15 is 0 Å². The van der Waals surface area contributed by atoms with Gasteiger partial charge in [-0.3, -0.25) is 4.68 Å². The SMILES string of the molecule is Cc1ccc(-c2nc(Cl)cc(-c3cnn(C)c3)n2)o1. The predicted molar refractivity (Wildman–Crippen MR) is 71.7 cm³/mol. The van der Waals surface area contributed by atoms with Gasteiger partial charge in [-0.2, -0.15) is 5.10 Å². The van der Waals surface area contributed by atoms with Crippen molar-refractivity contribution in [3.05, 3.63) is 41.5 Å². The Morgan fingerprint density at radius 3 is 2.74 bits per heavy atom. The molecule has 0 atom stereocenters. The van der Waals surface area contributed by atoms with E-state index in [1.165, 1.54) is 0 Å². The van der Waals surface area contributed by atoms with E-state index in [1.807, 2.05) is 32.3 Å². The van der Waals surface area contributed by atoms with Crippen molar-refractivity contribution in [2.24, 2.45) is 7.05 Å². The first-order chi connectivity index (χ1) is 9.11. The van der Waals surface area contributed by atoms with E-state index < -0.39 is 0 Å². The molecular formula is C13H11ClN4O. The largest absolute Gasteiger partial charge is 0.458 e. The summed E-state index contributed by atoms with van der Waals surface area (Å²) in [6, 6.07) is 5.40. The molecule has 0 amide bonds. The highest BCUT2D eigenvalue weighted by atomic mass is 35.5. The Morgan fingerprint density at radius 1 is 1.26 bits per heavy atom. The number of aromatic nitrogens is 4. The van der Waals surface area contributed by atoms with E-state index in [9.17, 15) is 0 Å². The van der Waals surface area contributed by atoms with Crippen LogP contribution >= 0.6 is 11.6 Å². The van der Waals surface area contributed by atoms with Crippen LogP contribution in [0.2, 0.25) is 5.15 Å². The van der Waals surface area contributed by atoms with Crippen LogP contribution < -0.4 is 0 Å². The third kappa shape index (κ3) is 2.37. The molecule has 0 radical (unpaired) electrons. The highest BCUT2D eigenvalue weighted by Gasteiger charge is 2.11. The molecule has 0 bridgehead atoms. The highest BCUT2D eigenvalue weighted by molar-refractivity contribution is 6.29. The number of nitrogens with zero attached hydrogens (tertiary/aromatic N) is 4. The van der Waals surface area contributed by atoms with Crippen LogP contribution in [0.1, 0.15) is 5.76 Å². The molecule has 19 heavy (non-hydrogen) atoms. The summed E-state index contributed by atoms with van der Waals surface area (Å²) in [6.07, 6.45) is 3.60. The van der Waals surface area contributed by atoms with Gasteiger partial charge in [0.25, 0.3) is 0 Å². The molecule has 0 N–H and O–H groups in total. The molecule has 3 aromatic heterocycles. The van der Waals surface area contributed by atoms with Gasteiger partial charge in [-0.15, -0.1) is 0 Å². The third-order valence-corrected chi connectivity index (χ3v) is 2.85. The lowest BCUT2D eigenvalue weighted by Gasteiger charge is -2.01. The second kappa shape index (κ2) is 4.51. The number of aryl methyl sites for hydroxylation is 2. The van der Waals surface area contributed by atoms with Gasteiger partial charge in [0.15, 0.2) is 11.6 Å². The minimum absolute atomic E-state index is 0.373. The fraction of sp³-hybridized carbons (Fsp3) is 0.154. The predicted octanol–water partition coefficient (Wildman–Crippen LogP) is 3.10. The Balaban J connectivity index is 2.10. The van der Waals surface area contributed by atoms with Crippen molar-refractivity contribution >= 4 is 11.6 Å². The number of hydrogen-bond donors (Lipinski definition) is 0. The molecule has 0 saturated carbocycles. The molecule has 6 heteroatoms. The van der Waals surface area contributed by atoms with Gasteiger partial charge < -0.3 is 4.42 Å². The summed E-state index contributed by atoms with van der Waals surface area (Å²) in [7, 11) is 1.85. The van der Waals surface area contributed by atoms with Crippen molar-refractivity contribution < 1.29 is 4.42 Å². The van der Waals surface area contributed by atoms with Crippen LogP contribution in [0.25, 0.3) is 22.8 Å². The zero-order chi connectivity index (χ0) is 13.4. The molecular weight excluding hydrogens is 264 g/mol. The van der Waals surface area contributed by atoms with Crippen LogP contribution in [0.4, 0.5) is 0 Å². The summed E-state index contributed by atoms with van der Waals surface area (Å²) in [5.74, 6) is 1.88. The van der Waals surface area contributed by atoms with Crippen molar-refractivity contribution in [2.45, 2.75) is 6.92 Å². The summed E-state index contributed by atoms with van der Waals surface area (Å²) < 4.78 is 7.23. The molecule has 3 rings (SSSR count). The fourth-order valence-corrected chi connectivity index (χ4v) is 1.97. The second-order valence-corrected chi connectivity index (χ2v) is 4.60. The first-order valence-electron chi connectivity index (χ1n) is 5.72. The van der Waals surface area contributed by atoms with Crippen LogP contribution in [-0.4, -0.2) is 19.7 Å². The molecule has 5 nitrogen and oxygen atoms in total. The third-order valence-electron chi connectivity index (χ3n) is 2.66. The molecule has 3 heterocycles. The summed E-state index contributed by atoms with van der Waals surface area (Å²) in [5.41, 5.74) is 1.61. The van der Waals surface area contributed by atoms with Crippen molar-refractivity contribution in [1.29, 1.82) is 0 Å². The quantitative estimate of drug-likeness (QED) is 0.674. The number of rotatable bonds is 2. The van der Waals surface area contributed by atoms with E-state index in [0.717, 1.165) is 17.0 Å². The normalized spacial score (nSPS) is 10.9. The van der Waals surface area contributed by atoms with Gasteiger partial charge in [-0.1, -0.05) is 11.6 Å². The average Bonchev–Trinajstić information content (AvgIpc) is 2.97. The molecule has 0 aliphatic rings. The number of halogens is 1. The summed E-state index contributed by atoms with van der Waals surface area (Å²) in [4.78, 5) is 8.64. The lowest BCUT2D eigenvalue weighted by atomic mass is 10.2. The second-order valence-electron chi connectivity index (χ2n) is 4.21. The molecule has 0 unspecified atom stereocenters. The maximum Gasteiger partial charge on any atom is 0.197 e. The smallest absolute Gasteiger partial charge is 0.197 e. The Hall–Kier alpha value is -2.14. The lowest BCUT2D eigenvalue weighted by Crippen LogP contribution is -1.91. The molecule has 0 aromatic carbocycles. The zero-order valence-corrected chi connectivity index (χ0v) is 11.2. The van der Waals surface area contributed by atoms with Gasteiger partial charge in [-0.05, 0) is 19.1 Å². The Morgan fingerprint density at radius 2 is 2.11 bits per heavy atom. The molecule has 0 fully saturated rings. The minimum atomic E-state index is 0.373. The van der Waals surface area contributed by atoms with Gasteiger partial charge in [0, 0.05) is 24.9 Å². The molecule has 0 aliphatic carbocycles. The number of furan rings is 1. The Bertz CT molecular complexity index is 673. The molecule has 96 valence electrons. The van der Waals surface area contributed by atoms with E-state index in [2.05, 4.69) is 15.1 Å². The van der Waals surface area contributed by atoms with E-state index in [4.69, 9.17) is 16.0 Å². The first-order valence-corrected chi connectivity index (χ1v) is 6.10. The molecule has 0 spiro atoms. The summed E-state index contributed by atoms with van der Waals surface area (Å²) in [5, 5.41) is 4.49. The van der Waals surface area contributed by atoms with Crippen molar-refractivity contribution in [3.63, 3.8) is 0 Å². The molecule has 3 aromatic rings. The monoisotopic (exact) mass is 274 g/mol. The molecule has 0 aliphatic heterocycles. The van der Waals surface area contributed by atoms with Crippen LogP contribution in [-0.2, 0) is 7.05 Å². The highest BCUT2D eigenvalue weighted by Crippen LogP contribution is 2.25. The van der Waals surface area contributed by atoms with E-state index in [0.29, 0.717) is 16.7 Å².